The van der Waals surface area contributed by atoms with E-state index in [4.69, 9.17) is 4.74 Å². The number of benzene rings is 1. The third-order valence-corrected chi connectivity index (χ3v) is 6.85. The monoisotopic (exact) mass is 438 g/mol. The fourth-order valence-electron chi connectivity index (χ4n) is 4.11. The van der Waals surface area contributed by atoms with Gasteiger partial charge in [0.25, 0.3) is 0 Å². The van der Waals surface area contributed by atoms with E-state index in [0.717, 1.165) is 25.9 Å². The molecule has 1 aromatic carbocycles. The van der Waals surface area contributed by atoms with Gasteiger partial charge in [0.2, 0.25) is 0 Å². The average Bonchev–Trinajstić information content (AvgIpc) is 3.41. The molecule has 6 nitrogen and oxygen atoms in total. The summed E-state index contributed by atoms with van der Waals surface area (Å²) < 4.78 is 7.82. The summed E-state index contributed by atoms with van der Waals surface area (Å²) in [6, 6.07) is 11.3. The largest absolute Gasteiger partial charge is 0.492 e. The lowest BCUT2D eigenvalue weighted by Gasteiger charge is -2.25. The summed E-state index contributed by atoms with van der Waals surface area (Å²) in [6.45, 7) is 6.60. The summed E-state index contributed by atoms with van der Waals surface area (Å²) in [6.07, 6.45) is 5.98. The molecule has 31 heavy (non-hydrogen) atoms. The molecule has 0 unspecified atom stereocenters. The number of hydrogen-bond acceptors (Lipinski definition) is 4. The molecule has 164 valence electrons. The quantitative estimate of drug-likeness (QED) is 0.533. The molecule has 4 rings (SSSR count). The highest BCUT2D eigenvalue weighted by atomic mass is 32.1. The maximum Gasteiger partial charge on any atom is 0.319 e. The Balaban J connectivity index is 1.61. The average molecular weight is 439 g/mol. The number of rotatable bonds is 7. The summed E-state index contributed by atoms with van der Waals surface area (Å²) in [5.74, 6) is 0.678. The number of fused-ring (bicyclic) bond motifs is 1. The Bertz CT molecular complexity index is 1030. The molecule has 7 heteroatoms. The Morgan fingerprint density at radius 3 is 2.71 bits per heavy atom. The minimum Gasteiger partial charge on any atom is -0.492 e. The molecule has 1 aliphatic heterocycles. The maximum absolute atomic E-state index is 13.0. The number of aromatic nitrogens is 1. The molecular weight excluding hydrogens is 408 g/mol. The van der Waals surface area contributed by atoms with Crippen LogP contribution in [0, 0.1) is 0 Å². The van der Waals surface area contributed by atoms with E-state index in [-0.39, 0.29) is 12.1 Å². The van der Waals surface area contributed by atoms with E-state index in [1.165, 1.54) is 21.0 Å². The van der Waals surface area contributed by atoms with Crippen LogP contribution >= 0.6 is 11.3 Å². The number of anilines is 1. The number of carbonyl (C=O) groups excluding carboxylic acids is 1. The Morgan fingerprint density at radius 1 is 1.19 bits per heavy atom. The van der Waals surface area contributed by atoms with Crippen LogP contribution in [-0.4, -0.2) is 35.7 Å². The summed E-state index contributed by atoms with van der Waals surface area (Å²) in [7, 11) is 2.16. The molecule has 3 heterocycles. The summed E-state index contributed by atoms with van der Waals surface area (Å²) in [5.41, 5.74) is 3.32. The third-order valence-electron chi connectivity index (χ3n) is 5.61. The lowest BCUT2D eigenvalue weighted by atomic mass is 9.96. The predicted molar refractivity (Wildman–Crippen MR) is 126 cm³/mol. The minimum absolute atomic E-state index is 0.0694. The fraction of sp³-hybridized carbons (Fsp3) is 0.375. The van der Waals surface area contributed by atoms with Crippen LogP contribution in [0.15, 0.2) is 48.8 Å². The number of nitrogens with zero attached hydrogens (tertiary/aromatic N) is 2. The normalized spacial score (nSPS) is 14.7. The third kappa shape index (κ3) is 4.62. The Morgan fingerprint density at radius 2 is 1.97 bits per heavy atom. The predicted octanol–water partition coefficient (Wildman–Crippen LogP) is 5.20. The number of para-hydroxylation sites is 2. The zero-order valence-corrected chi connectivity index (χ0v) is 19.2. The van der Waals surface area contributed by atoms with E-state index in [1.807, 2.05) is 54.7 Å². The van der Waals surface area contributed by atoms with Gasteiger partial charge in [0.1, 0.15) is 10.8 Å². The second kappa shape index (κ2) is 9.58. The van der Waals surface area contributed by atoms with Gasteiger partial charge < -0.3 is 24.8 Å². The van der Waals surface area contributed by atoms with Crippen LogP contribution < -0.4 is 15.4 Å². The van der Waals surface area contributed by atoms with Gasteiger partial charge in [-0.15, -0.1) is 11.3 Å². The molecule has 0 spiro atoms. The maximum atomic E-state index is 13.0. The van der Waals surface area contributed by atoms with Crippen molar-refractivity contribution in [3.8, 4) is 10.8 Å². The zero-order valence-electron chi connectivity index (χ0n) is 18.4. The second-order valence-electron chi connectivity index (χ2n) is 7.79. The number of amides is 2. The molecule has 2 aromatic heterocycles. The Hall–Kier alpha value is -2.77. The van der Waals surface area contributed by atoms with Gasteiger partial charge in [-0.25, -0.2) is 4.79 Å². The number of nitrogens with one attached hydrogen (secondary N) is 2. The fourth-order valence-corrected chi connectivity index (χ4v) is 5.56. The first-order valence-corrected chi connectivity index (χ1v) is 11.7. The van der Waals surface area contributed by atoms with Crippen molar-refractivity contribution >= 4 is 23.1 Å². The number of ether oxygens (including phenoxy) is 1. The first-order chi connectivity index (χ1) is 15.1. The first-order valence-electron chi connectivity index (χ1n) is 10.9. The molecule has 2 N–H and O–H groups in total. The summed E-state index contributed by atoms with van der Waals surface area (Å²) in [5, 5.41) is 7.40. The van der Waals surface area contributed by atoms with Gasteiger partial charge in [-0.2, -0.15) is 0 Å². The molecule has 1 aliphatic rings. The van der Waals surface area contributed by atoms with Gasteiger partial charge in [0, 0.05) is 35.9 Å². The van der Waals surface area contributed by atoms with Crippen molar-refractivity contribution < 1.29 is 9.53 Å². The summed E-state index contributed by atoms with van der Waals surface area (Å²) >= 11 is 1.84. The molecule has 1 atom stereocenters. The lowest BCUT2D eigenvalue weighted by Crippen LogP contribution is -2.34. The van der Waals surface area contributed by atoms with Crippen molar-refractivity contribution in [2.45, 2.75) is 39.3 Å². The number of urea groups is 1. The van der Waals surface area contributed by atoms with Crippen LogP contribution in [0.5, 0.6) is 5.75 Å². The molecule has 0 fully saturated rings. The van der Waals surface area contributed by atoms with Crippen molar-refractivity contribution in [3.63, 3.8) is 0 Å². The van der Waals surface area contributed by atoms with E-state index in [9.17, 15) is 4.79 Å². The number of likely N-dealkylation sites (N-methyl/N-ethyl adjacent to an activating group) is 1. The highest BCUT2D eigenvalue weighted by Gasteiger charge is 2.28. The number of hydrogen-bond donors (Lipinski definition) is 2. The molecule has 0 saturated heterocycles. The molecule has 3 aromatic rings. The van der Waals surface area contributed by atoms with Crippen LogP contribution in [0.4, 0.5) is 10.5 Å². The lowest BCUT2D eigenvalue weighted by molar-refractivity contribution is 0.247. The Kier molecular flexibility index (Phi) is 6.63. The van der Waals surface area contributed by atoms with Gasteiger partial charge in [0.05, 0.1) is 18.3 Å². The van der Waals surface area contributed by atoms with Crippen molar-refractivity contribution in [1.82, 2.24) is 14.8 Å². The topological polar surface area (TPSA) is 58.5 Å². The van der Waals surface area contributed by atoms with Crippen LogP contribution in [0.3, 0.4) is 0 Å². The second-order valence-corrected chi connectivity index (χ2v) is 8.87. The molecule has 0 aliphatic carbocycles. The van der Waals surface area contributed by atoms with Gasteiger partial charge in [-0.1, -0.05) is 19.1 Å². The van der Waals surface area contributed by atoms with Crippen molar-refractivity contribution in [1.29, 1.82) is 0 Å². The van der Waals surface area contributed by atoms with Crippen molar-refractivity contribution in [2.24, 2.45) is 0 Å². The molecule has 2 amide bonds. The van der Waals surface area contributed by atoms with Gasteiger partial charge in [-0.05, 0) is 56.6 Å². The van der Waals surface area contributed by atoms with Crippen molar-refractivity contribution in [2.75, 3.05) is 25.5 Å². The smallest absolute Gasteiger partial charge is 0.319 e. The summed E-state index contributed by atoms with van der Waals surface area (Å²) in [4.78, 5) is 16.7. The highest BCUT2D eigenvalue weighted by molar-refractivity contribution is 7.15. The molecule has 0 saturated carbocycles. The van der Waals surface area contributed by atoms with E-state index in [0.29, 0.717) is 18.0 Å². The van der Waals surface area contributed by atoms with Gasteiger partial charge in [0.15, 0.2) is 0 Å². The van der Waals surface area contributed by atoms with Crippen LogP contribution in [0.25, 0.3) is 5.00 Å². The number of thiophene rings is 1. The van der Waals surface area contributed by atoms with Gasteiger partial charge >= 0.3 is 6.03 Å². The van der Waals surface area contributed by atoms with E-state index >= 15 is 0 Å². The standard InChI is InChI=1S/C24H30N4O2S/c1-4-18(25-24(29)26-19-10-6-7-11-20(19)30-5-2)22-17-12-15-27(3)16-21(17)31-23(22)28-13-8-9-14-28/h6-11,13-14,18H,4-5,12,15-16H2,1-3H3,(H2,25,26,29)/t18-/m0/s1. The van der Waals surface area contributed by atoms with Crippen LogP contribution in [0.1, 0.15) is 42.3 Å². The number of carbonyl (C=O) groups is 1. The van der Waals surface area contributed by atoms with E-state index in [1.54, 1.807) is 0 Å². The van der Waals surface area contributed by atoms with E-state index < -0.39 is 0 Å². The first kappa shape index (κ1) is 21.5. The van der Waals surface area contributed by atoms with Crippen molar-refractivity contribution in [3.05, 3.63) is 64.8 Å². The molecular formula is C24H30N4O2S. The van der Waals surface area contributed by atoms with E-state index in [2.05, 4.69) is 46.5 Å². The molecule has 0 bridgehead atoms. The Labute approximate surface area is 187 Å². The van der Waals surface area contributed by atoms with Crippen LogP contribution in [0.2, 0.25) is 0 Å². The van der Waals surface area contributed by atoms with Crippen LogP contribution in [-0.2, 0) is 13.0 Å². The highest BCUT2D eigenvalue weighted by Crippen LogP contribution is 2.40. The molecule has 0 radical (unpaired) electrons. The minimum atomic E-state index is -0.217. The SMILES string of the molecule is CCOc1ccccc1NC(=O)N[C@@H](CC)c1c(-n2cccc2)sc2c1CCN(C)C2. The zero-order chi connectivity index (χ0) is 21.8. The van der Waals surface area contributed by atoms with Gasteiger partial charge in [-0.3, -0.25) is 0 Å².